The molecule has 0 fully saturated rings. The van der Waals surface area contributed by atoms with Crippen LogP contribution in [0, 0.1) is 11.3 Å². The molecule has 1 atom stereocenters. The van der Waals surface area contributed by atoms with Crippen LogP contribution in [0.25, 0.3) is 0 Å². The number of nitriles is 1. The number of carbonyl (C=O) groups is 2. The Morgan fingerprint density at radius 2 is 1.94 bits per heavy atom. The van der Waals surface area contributed by atoms with E-state index in [0.717, 1.165) is 0 Å². The molecule has 0 aromatic heterocycles. The first-order valence-electron chi connectivity index (χ1n) is 5.26. The zero-order valence-electron chi connectivity index (χ0n) is 10.4. The fourth-order valence-corrected chi connectivity index (χ4v) is 0.862. The van der Waals surface area contributed by atoms with Crippen molar-refractivity contribution in [2.45, 2.75) is 26.6 Å². The van der Waals surface area contributed by atoms with Crippen molar-refractivity contribution in [3.8, 4) is 6.07 Å². The summed E-state index contributed by atoms with van der Waals surface area (Å²) in [6.07, 6.45) is 1.75. The quantitative estimate of drug-likeness (QED) is 0.236. The first-order valence-corrected chi connectivity index (χ1v) is 5.26. The van der Waals surface area contributed by atoms with Crippen LogP contribution in [0.1, 0.15) is 20.3 Å². The van der Waals surface area contributed by atoms with Gasteiger partial charge in [0.25, 0.3) is 0 Å². The van der Waals surface area contributed by atoms with Crippen molar-refractivity contribution in [1.82, 2.24) is 0 Å². The zero-order valence-corrected chi connectivity index (χ0v) is 10.4. The van der Waals surface area contributed by atoms with E-state index in [4.69, 9.17) is 14.7 Å². The summed E-state index contributed by atoms with van der Waals surface area (Å²) in [5.74, 6) is -1.51. The Hall–Kier alpha value is -2.35. The van der Waals surface area contributed by atoms with E-state index in [9.17, 15) is 9.59 Å². The van der Waals surface area contributed by atoms with Gasteiger partial charge in [-0.05, 0) is 13.0 Å². The topological polar surface area (TPSA) is 76.4 Å². The van der Waals surface area contributed by atoms with Crippen LogP contribution in [-0.4, -0.2) is 18.2 Å². The summed E-state index contributed by atoms with van der Waals surface area (Å²) in [5, 5.41) is 8.69. The summed E-state index contributed by atoms with van der Waals surface area (Å²) in [4.78, 5) is 22.8. The van der Waals surface area contributed by atoms with Gasteiger partial charge in [-0.2, -0.15) is 5.26 Å². The molecule has 96 valence electrons. The van der Waals surface area contributed by atoms with E-state index < -0.39 is 18.2 Å². The molecule has 0 aromatic carbocycles. The van der Waals surface area contributed by atoms with Crippen LogP contribution in [0.2, 0.25) is 0 Å². The first-order chi connectivity index (χ1) is 8.46. The van der Waals surface area contributed by atoms with E-state index in [1.807, 2.05) is 0 Å². The van der Waals surface area contributed by atoms with Gasteiger partial charge in [0, 0.05) is 12.0 Å². The predicted octanol–water partition coefficient (Wildman–Crippen LogP) is 2.02. The monoisotopic (exact) mass is 249 g/mol. The molecule has 18 heavy (non-hydrogen) atoms. The van der Waals surface area contributed by atoms with Crippen molar-refractivity contribution >= 4 is 11.9 Å². The third-order valence-electron chi connectivity index (χ3n) is 1.78. The Labute approximate surface area is 106 Å². The van der Waals surface area contributed by atoms with E-state index in [1.54, 1.807) is 13.0 Å². The summed E-state index contributed by atoms with van der Waals surface area (Å²) >= 11 is 0. The number of hydrogen-bond donors (Lipinski definition) is 0. The van der Waals surface area contributed by atoms with Gasteiger partial charge in [0.2, 0.25) is 6.29 Å². The van der Waals surface area contributed by atoms with Crippen molar-refractivity contribution in [2.75, 3.05) is 0 Å². The van der Waals surface area contributed by atoms with Gasteiger partial charge in [0.05, 0.1) is 0 Å². The fourth-order valence-electron chi connectivity index (χ4n) is 0.862. The van der Waals surface area contributed by atoms with Crippen LogP contribution in [0.3, 0.4) is 0 Å². The van der Waals surface area contributed by atoms with Crippen molar-refractivity contribution in [2.24, 2.45) is 0 Å². The molecule has 0 rings (SSSR count). The third kappa shape index (κ3) is 5.12. The fraction of sp³-hybridized carbons (Fsp3) is 0.308. The second kappa shape index (κ2) is 7.85. The summed E-state index contributed by atoms with van der Waals surface area (Å²) in [6.45, 7) is 9.93. The minimum absolute atomic E-state index is 0.201. The van der Waals surface area contributed by atoms with Crippen LogP contribution in [0.5, 0.6) is 0 Å². The van der Waals surface area contributed by atoms with Crippen LogP contribution in [0.15, 0.2) is 36.5 Å². The smallest absolute Gasteiger partial charge is 0.351 e. The SMILES string of the molecule is C=CC=C(C#N)C(=O)OC(CC)OC(=O)C(=C)C. The van der Waals surface area contributed by atoms with Gasteiger partial charge in [0.15, 0.2) is 0 Å². The van der Waals surface area contributed by atoms with Crippen molar-refractivity contribution in [1.29, 1.82) is 5.26 Å². The van der Waals surface area contributed by atoms with Gasteiger partial charge < -0.3 is 9.47 Å². The van der Waals surface area contributed by atoms with Gasteiger partial charge in [-0.15, -0.1) is 0 Å². The van der Waals surface area contributed by atoms with Gasteiger partial charge in [-0.1, -0.05) is 26.2 Å². The summed E-state index contributed by atoms with van der Waals surface area (Å²) in [7, 11) is 0. The highest BCUT2D eigenvalue weighted by Crippen LogP contribution is 2.08. The Bertz CT molecular complexity index is 429. The zero-order chi connectivity index (χ0) is 14.1. The summed E-state index contributed by atoms with van der Waals surface area (Å²) < 4.78 is 9.72. The van der Waals surface area contributed by atoms with E-state index in [-0.39, 0.29) is 17.6 Å². The van der Waals surface area contributed by atoms with Gasteiger partial charge in [-0.25, -0.2) is 9.59 Å². The molecule has 5 nitrogen and oxygen atoms in total. The average Bonchev–Trinajstić information content (AvgIpc) is 2.34. The maximum absolute atomic E-state index is 11.5. The van der Waals surface area contributed by atoms with Gasteiger partial charge in [0.1, 0.15) is 11.6 Å². The first kappa shape index (κ1) is 15.7. The molecule has 0 aliphatic heterocycles. The van der Waals surface area contributed by atoms with Gasteiger partial charge in [-0.3, -0.25) is 0 Å². The molecule has 0 aliphatic rings. The normalized spacial score (nSPS) is 11.9. The van der Waals surface area contributed by atoms with Crippen molar-refractivity contribution in [3.63, 3.8) is 0 Å². The molecule has 0 spiro atoms. The molecule has 0 aliphatic carbocycles. The number of rotatable bonds is 6. The molecule has 0 bridgehead atoms. The highest BCUT2D eigenvalue weighted by Gasteiger charge is 2.19. The average molecular weight is 249 g/mol. The number of esters is 2. The Morgan fingerprint density at radius 1 is 1.39 bits per heavy atom. The van der Waals surface area contributed by atoms with E-state index in [0.29, 0.717) is 0 Å². The van der Waals surface area contributed by atoms with E-state index >= 15 is 0 Å². The lowest BCUT2D eigenvalue weighted by Crippen LogP contribution is -2.24. The summed E-state index contributed by atoms with van der Waals surface area (Å²) in [5.41, 5.74) is -0.0125. The minimum atomic E-state index is -1.04. The van der Waals surface area contributed by atoms with E-state index in [2.05, 4.69) is 13.2 Å². The van der Waals surface area contributed by atoms with Crippen LogP contribution in [-0.2, 0) is 19.1 Å². The molecule has 1 unspecified atom stereocenters. The predicted molar refractivity (Wildman–Crippen MR) is 65.0 cm³/mol. The molecule has 0 heterocycles. The number of hydrogen-bond acceptors (Lipinski definition) is 5. The van der Waals surface area contributed by atoms with E-state index in [1.165, 1.54) is 19.1 Å². The van der Waals surface area contributed by atoms with Crippen molar-refractivity contribution < 1.29 is 19.1 Å². The number of nitrogens with zero attached hydrogens (tertiary/aromatic N) is 1. The molecule has 0 N–H and O–H groups in total. The maximum atomic E-state index is 11.5. The third-order valence-corrected chi connectivity index (χ3v) is 1.78. The molecule has 0 radical (unpaired) electrons. The molecular weight excluding hydrogens is 234 g/mol. The molecule has 0 amide bonds. The molecular formula is C13H15NO4. The van der Waals surface area contributed by atoms with Crippen LogP contribution >= 0.6 is 0 Å². The summed E-state index contributed by atoms with van der Waals surface area (Å²) in [6, 6.07) is 1.67. The largest absolute Gasteiger partial charge is 0.422 e. The Kier molecular flexibility index (Phi) is 6.82. The number of allylic oxidation sites excluding steroid dienone is 2. The standard InChI is InChI=1S/C13H15NO4/c1-5-7-10(8-14)13(16)18-11(6-2)17-12(15)9(3)4/h5,7,11H,1,3,6H2,2,4H3. The van der Waals surface area contributed by atoms with Gasteiger partial charge >= 0.3 is 11.9 Å². The lowest BCUT2D eigenvalue weighted by molar-refractivity contribution is -0.182. The number of carbonyl (C=O) groups excluding carboxylic acids is 2. The molecule has 0 aromatic rings. The van der Waals surface area contributed by atoms with Crippen LogP contribution in [0.4, 0.5) is 0 Å². The highest BCUT2D eigenvalue weighted by atomic mass is 16.7. The maximum Gasteiger partial charge on any atom is 0.351 e. The lowest BCUT2D eigenvalue weighted by atomic mass is 10.3. The Morgan fingerprint density at radius 3 is 2.33 bits per heavy atom. The minimum Gasteiger partial charge on any atom is -0.422 e. The second-order valence-corrected chi connectivity index (χ2v) is 3.36. The lowest BCUT2D eigenvalue weighted by Gasteiger charge is -2.16. The Balaban J connectivity index is 4.65. The highest BCUT2D eigenvalue weighted by molar-refractivity contribution is 5.93. The number of ether oxygens (including phenoxy) is 2. The van der Waals surface area contributed by atoms with Crippen LogP contribution < -0.4 is 0 Å². The molecule has 0 saturated heterocycles. The molecule has 5 heteroatoms. The second-order valence-electron chi connectivity index (χ2n) is 3.36. The van der Waals surface area contributed by atoms with Crippen molar-refractivity contribution in [3.05, 3.63) is 36.5 Å². The molecule has 0 saturated carbocycles.